The van der Waals surface area contributed by atoms with E-state index in [-0.39, 0.29) is 0 Å². The Morgan fingerprint density at radius 3 is 2.66 bits per heavy atom. The number of alkyl halides is 3. The van der Waals surface area contributed by atoms with Gasteiger partial charge in [0.2, 0.25) is 0 Å². The summed E-state index contributed by atoms with van der Waals surface area (Å²) >= 11 is 0. The number of piperazine rings is 1. The van der Waals surface area contributed by atoms with E-state index in [9.17, 15) is 17.6 Å². The molecule has 3 aliphatic heterocycles. The number of aliphatic imine (C=N–C) groups is 1. The van der Waals surface area contributed by atoms with Gasteiger partial charge in [-0.1, -0.05) is 0 Å². The zero-order chi connectivity index (χ0) is 20.4. The van der Waals surface area contributed by atoms with Gasteiger partial charge in [-0.25, -0.2) is 9.38 Å². The molecule has 9 heteroatoms. The Bertz CT molecular complexity index is 898. The lowest BCUT2D eigenvalue weighted by Gasteiger charge is -2.34. The van der Waals surface area contributed by atoms with Crippen LogP contribution in [0.1, 0.15) is 5.56 Å². The molecule has 1 fully saturated rings. The quantitative estimate of drug-likeness (QED) is 0.778. The van der Waals surface area contributed by atoms with E-state index >= 15 is 0 Å². The second-order valence-corrected chi connectivity index (χ2v) is 6.89. The van der Waals surface area contributed by atoms with Crippen LogP contribution in [0.3, 0.4) is 0 Å². The van der Waals surface area contributed by atoms with Crippen molar-refractivity contribution < 1.29 is 22.3 Å². The van der Waals surface area contributed by atoms with Crippen LogP contribution in [-0.2, 0) is 0 Å². The molecule has 0 bridgehead atoms. The molecule has 0 spiro atoms. The predicted molar refractivity (Wildman–Crippen MR) is 102 cm³/mol. The van der Waals surface area contributed by atoms with Gasteiger partial charge in [0.15, 0.2) is 18.2 Å². The Labute approximate surface area is 165 Å². The van der Waals surface area contributed by atoms with Gasteiger partial charge in [-0.2, -0.15) is 13.2 Å². The summed E-state index contributed by atoms with van der Waals surface area (Å²) in [7, 11) is 0. The molecule has 29 heavy (non-hydrogen) atoms. The largest absolute Gasteiger partial charge is 0.481 e. The van der Waals surface area contributed by atoms with Gasteiger partial charge >= 0.3 is 6.18 Å². The van der Waals surface area contributed by atoms with E-state index in [0.29, 0.717) is 17.8 Å². The molecule has 1 aromatic rings. The number of fused-ring (bicyclic) bond motifs is 1. The van der Waals surface area contributed by atoms with Crippen molar-refractivity contribution in [3.05, 3.63) is 59.7 Å². The van der Waals surface area contributed by atoms with Crippen LogP contribution >= 0.6 is 0 Å². The molecule has 154 valence electrons. The van der Waals surface area contributed by atoms with Gasteiger partial charge < -0.3 is 19.9 Å². The average Bonchev–Trinajstić information content (AvgIpc) is 2.72. The maximum absolute atomic E-state index is 14.2. The average molecular weight is 408 g/mol. The second-order valence-electron chi connectivity index (χ2n) is 6.89. The molecule has 1 N–H and O–H groups in total. The van der Waals surface area contributed by atoms with Gasteiger partial charge in [0.25, 0.3) is 0 Å². The van der Waals surface area contributed by atoms with E-state index in [4.69, 9.17) is 0 Å². The van der Waals surface area contributed by atoms with Crippen LogP contribution in [0.25, 0.3) is 5.70 Å². The first-order valence-corrected chi connectivity index (χ1v) is 9.30. The Hall–Kier alpha value is -2.81. The molecule has 3 heterocycles. The van der Waals surface area contributed by atoms with Gasteiger partial charge in [0.05, 0.1) is 11.4 Å². The molecule has 0 unspecified atom stereocenters. The van der Waals surface area contributed by atoms with Crippen molar-refractivity contribution in [2.75, 3.05) is 39.3 Å². The van der Waals surface area contributed by atoms with E-state index in [2.05, 4.69) is 19.9 Å². The summed E-state index contributed by atoms with van der Waals surface area (Å²) in [4.78, 5) is 8.88. The third-order valence-electron chi connectivity index (χ3n) is 4.80. The molecule has 3 aliphatic rings. The minimum absolute atomic E-state index is 0.432. The topological polar surface area (TPSA) is 40.1 Å². The van der Waals surface area contributed by atoms with Gasteiger partial charge in [-0.05, 0) is 36.4 Å². The zero-order valence-electron chi connectivity index (χ0n) is 15.5. The van der Waals surface area contributed by atoms with Crippen molar-refractivity contribution in [2.45, 2.75) is 6.18 Å². The summed E-state index contributed by atoms with van der Waals surface area (Å²) in [5.74, 6) is -0.549. The van der Waals surface area contributed by atoms with Crippen LogP contribution < -0.4 is 10.1 Å². The Balaban J connectivity index is 1.46. The Morgan fingerprint density at radius 1 is 1.14 bits per heavy atom. The monoisotopic (exact) mass is 408 g/mol. The lowest BCUT2D eigenvalue weighted by atomic mass is 10.1. The number of hydrogen-bond acceptors (Lipinski definition) is 5. The molecule has 0 aromatic heterocycles. The zero-order valence-corrected chi connectivity index (χ0v) is 15.5. The molecule has 1 saturated heterocycles. The van der Waals surface area contributed by atoms with Crippen molar-refractivity contribution >= 4 is 11.5 Å². The number of hydrogen-bond donors (Lipinski definition) is 1. The van der Waals surface area contributed by atoms with E-state index in [1.54, 1.807) is 0 Å². The van der Waals surface area contributed by atoms with Crippen LogP contribution in [0.4, 0.5) is 17.6 Å². The number of benzene rings is 1. The first-order chi connectivity index (χ1) is 13.9. The molecular formula is C20H20F4N4O. The summed E-state index contributed by atoms with van der Waals surface area (Å²) < 4.78 is 55.4. The van der Waals surface area contributed by atoms with E-state index in [0.717, 1.165) is 43.8 Å². The fourth-order valence-electron chi connectivity index (χ4n) is 3.36. The standard InChI is InChI=1S/C20H20F4N4O/c21-16-11-14(1-3-18(16)29-13-20(22,23)24)17-5-8-28-12-15(2-4-19(28)26-17)27-9-6-25-7-10-27/h1-5,11-12,25H,6-10,13H2. The highest BCUT2D eigenvalue weighted by atomic mass is 19.4. The van der Waals surface area contributed by atoms with Crippen molar-refractivity contribution in [2.24, 2.45) is 4.99 Å². The molecule has 0 saturated carbocycles. The summed E-state index contributed by atoms with van der Waals surface area (Å²) in [5, 5.41) is 3.32. The number of ether oxygens (including phenoxy) is 1. The fraction of sp³-hybridized carbons (Fsp3) is 0.350. The summed E-state index contributed by atoms with van der Waals surface area (Å²) in [6.07, 6.45) is 3.32. The molecule has 0 amide bonds. The maximum Gasteiger partial charge on any atom is 0.422 e. The number of allylic oxidation sites excluding steroid dienone is 1. The van der Waals surface area contributed by atoms with E-state index in [1.807, 2.05) is 29.3 Å². The van der Waals surface area contributed by atoms with Crippen molar-refractivity contribution in [3.8, 4) is 5.75 Å². The molecule has 0 radical (unpaired) electrons. The highest BCUT2D eigenvalue weighted by Crippen LogP contribution is 2.28. The molecule has 4 rings (SSSR count). The summed E-state index contributed by atoms with van der Waals surface area (Å²) in [5.41, 5.74) is 2.18. The normalized spacial score (nSPS) is 19.4. The SMILES string of the molecule is Fc1cc(C2=CCN3C=C(N4CCNCC4)C=CC3=N2)ccc1OCC(F)(F)F. The first-order valence-electron chi connectivity index (χ1n) is 9.30. The fourth-order valence-corrected chi connectivity index (χ4v) is 3.36. The minimum Gasteiger partial charge on any atom is -0.481 e. The third kappa shape index (κ3) is 4.61. The minimum atomic E-state index is -4.52. The molecule has 5 nitrogen and oxygen atoms in total. The third-order valence-corrected chi connectivity index (χ3v) is 4.80. The van der Waals surface area contributed by atoms with Crippen LogP contribution in [0, 0.1) is 5.82 Å². The smallest absolute Gasteiger partial charge is 0.422 e. The van der Waals surface area contributed by atoms with Gasteiger partial charge in [0.1, 0.15) is 5.84 Å². The lowest BCUT2D eigenvalue weighted by molar-refractivity contribution is -0.153. The van der Waals surface area contributed by atoms with Crippen molar-refractivity contribution in [1.29, 1.82) is 0 Å². The first kappa shape index (κ1) is 19.5. The van der Waals surface area contributed by atoms with Crippen LogP contribution in [0.2, 0.25) is 0 Å². The van der Waals surface area contributed by atoms with Crippen molar-refractivity contribution in [3.63, 3.8) is 0 Å². The van der Waals surface area contributed by atoms with Crippen LogP contribution in [-0.4, -0.2) is 61.1 Å². The van der Waals surface area contributed by atoms with Crippen molar-refractivity contribution in [1.82, 2.24) is 15.1 Å². The number of rotatable bonds is 4. The van der Waals surface area contributed by atoms with Gasteiger partial charge in [0, 0.05) is 44.5 Å². The Kier molecular flexibility index (Phi) is 5.31. The van der Waals surface area contributed by atoms with Gasteiger partial charge in [-0.15, -0.1) is 0 Å². The summed E-state index contributed by atoms with van der Waals surface area (Å²) in [6, 6.07) is 3.85. The predicted octanol–water partition coefficient (Wildman–Crippen LogP) is 3.14. The molecule has 0 atom stereocenters. The molecular weight excluding hydrogens is 388 g/mol. The Morgan fingerprint density at radius 2 is 1.93 bits per heavy atom. The molecule has 1 aromatic carbocycles. The highest BCUT2D eigenvalue weighted by Gasteiger charge is 2.29. The number of amidine groups is 1. The molecule has 0 aliphatic carbocycles. The second kappa shape index (κ2) is 7.90. The lowest BCUT2D eigenvalue weighted by Crippen LogP contribution is -2.44. The van der Waals surface area contributed by atoms with Gasteiger partial charge in [-0.3, -0.25) is 0 Å². The number of nitrogens with one attached hydrogen (secondary N) is 1. The highest BCUT2D eigenvalue weighted by molar-refractivity contribution is 6.00. The van der Waals surface area contributed by atoms with E-state index < -0.39 is 24.3 Å². The van der Waals surface area contributed by atoms with E-state index in [1.165, 1.54) is 12.1 Å². The maximum atomic E-state index is 14.2. The van der Waals surface area contributed by atoms with Crippen LogP contribution in [0.15, 0.2) is 53.3 Å². The summed E-state index contributed by atoms with van der Waals surface area (Å²) in [6.45, 7) is 2.83. The van der Waals surface area contributed by atoms with Crippen LogP contribution in [0.5, 0.6) is 5.75 Å². The number of halogens is 4. The number of nitrogens with zero attached hydrogens (tertiary/aromatic N) is 3.